The predicted octanol–water partition coefficient (Wildman–Crippen LogP) is -0.311. The number of hydrogen-bond acceptors (Lipinski definition) is 8. The van der Waals surface area contributed by atoms with Gasteiger partial charge in [-0.25, -0.2) is 0 Å². The maximum absolute atomic E-state index is 13.0. The third kappa shape index (κ3) is 8.07. The van der Waals surface area contributed by atoms with Gasteiger partial charge in [0.1, 0.15) is 11.6 Å². The van der Waals surface area contributed by atoms with Gasteiger partial charge in [0.15, 0.2) is 5.78 Å². The van der Waals surface area contributed by atoms with Crippen molar-refractivity contribution in [3.05, 3.63) is 11.6 Å². The van der Waals surface area contributed by atoms with Crippen molar-refractivity contribution in [1.82, 2.24) is 20.9 Å². The van der Waals surface area contributed by atoms with Crippen LogP contribution in [0.25, 0.3) is 0 Å². The maximum atomic E-state index is 13.0. The molecular formula is C26H40N4O7. The SMILES string of the molecule is C[C@]1(C(=O)[C@H](CCC2=CCCCC2)NC(=O)CNC(=O)[C@@H](NC(=O)CN2CCOCC2)C2COC2)CO1. The van der Waals surface area contributed by atoms with Gasteiger partial charge in [-0.15, -0.1) is 0 Å². The molecule has 37 heavy (non-hydrogen) atoms. The van der Waals surface area contributed by atoms with Crippen LogP contribution in [0.1, 0.15) is 45.4 Å². The van der Waals surface area contributed by atoms with Crippen LogP contribution >= 0.6 is 0 Å². The van der Waals surface area contributed by atoms with Crippen LogP contribution in [0.3, 0.4) is 0 Å². The summed E-state index contributed by atoms with van der Waals surface area (Å²) in [6.45, 7) is 5.21. The summed E-state index contributed by atoms with van der Waals surface area (Å²) in [5.74, 6) is -1.42. The van der Waals surface area contributed by atoms with Crippen LogP contribution in [-0.4, -0.2) is 105 Å². The first-order valence-electron chi connectivity index (χ1n) is 13.4. The Morgan fingerprint density at radius 1 is 1.08 bits per heavy atom. The Bertz CT molecular complexity index is 878. The molecule has 0 aromatic rings. The molecule has 0 spiro atoms. The average molecular weight is 521 g/mol. The molecule has 4 rings (SSSR count). The number of nitrogens with zero attached hydrogens (tertiary/aromatic N) is 1. The fourth-order valence-electron chi connectivity index (χ4n) is 4.90. The molecule has 3 saturated heterocycles. The van der Waals surface area contributed by atoms with Gasteiger partial charge < -0.3 is 30.2 Å². The van der Waals surface area contributed by atoms with E-state index in [2.05, 4.69) is 22.0 Å². The first-order chi connectivity index (χ1) is 17.8. The Hall–Kier alpha value is -2.34. The Morgan fingerprint density at radius 2 is 1.84 bits per heavy atom. The van der Waals surface area contributed by atoms with Gasteiger partial charge in [0.25, 0.3) is 0 Å². The quantitative estimate of drug-likeness (QED) is 0.222. The Labute approximate surface area is 218 Å². The highest BCUT2D eigenvalue weighted by molar-refractivity contribution is 5.97. The van der Waals surface area contributed by atoms with E-state index < -0.39 is 29.5 Å². The monoisotopic (exact) mass is 520 g/mol. The van der Waals surface area contributed by atoms with Crippen LogP contribution in [0.2, 0.25) is 0 Å². The summed E-state index contributed by atoms with van der Waals surface area (Å²) in [5, 5.41) is 8.26. The minimum Gasteiger partial charge on any atom is -0.380 e. The molecule has 3 atom stereocenters. The molecule has 0 bridgehead atoms. The zero-order valence-electron chi connectivity index (χ0n) is 21.7. The minimum absolute atomic E-state index is 0.136. The molecule has 3 aliphatic heterocycles. The molecule has 206 valence electrons. The Kier molecular flexibility index (Phi) is 9.69. The van der Waals surface area contributed by atoms with Crippen LogP contribution in [0.4, 0.5) is 0 Å². The highest BCUT2D eigenvalue weighted by Crippen LogP contribution is 2.30. The van der Waals surface area contributed by atoms with E-state index in [0.717, 1.165) is 25.7 Å². The van der Waals surface area contributed by atoms with E-state index >= 15 is 0 Å². The molecule has 3 fully saturated rings. The van der Waals surface area contributed by atoms with Crippen molar-refractivity contribution in [1.29, 1.82) is 0 Å². The molecule has 0 saturated carbocycles. The molecule has 4 aliphatic rings. The van der Waals surface area contributed by atoms with Gasteiger partial charge >= 0.3 is 0 Å². The topological polar surface area (TPSA) is 139 Å². The van der Waals surface area contributed by atoms with Gasteiger partial charge in [-0.2, -0.15) is 0 Å². The molecule has 0 aromatic carbocycles. The lowest BCUT2D eigenvalue weighted by atomic mass is 9.91. The second-order valence-electron chi connectivity index (χ2n) is 10.6. The number of carbonyl (C=O) groups excluding carboxylic acids is 4. The molecule has 3 heterocycles. The van der Waals surface area contributed by atoms with Gasteiger partial charge in [-0.3, -0.25) is 24.1 Å². The smallest absolute Gasteiger partial charge is 0.243 e. The summed E-state index contributed by atoms with van der Waals surface area (Å²) < 4.78 is 15.9. The van der Waals surface area contributed by atoms with E-state index in [4.69, 9.17) is 14.2 Å². The van der Waals surface area contributed by atoms with E-state index in [-0.39, 0.29) is 30.7 Å². The summed E-state index contributed by atoms with van der Waals surface area (Å²) in [7, 11) is 0. The molecule has 0 aromatic heterocycles. The lowest BCUT2D eigenvalue weighted by molar-refractivity contribution is -0.138. The summed E-state index contributed by atoms with van der Waals surface area (Å²) in [6.07, 6.45) is 7.92. The number of epoxide rings is 1. The number of nitrogens with one attached hydrogen (secondary N) is 3. The maximum Gasteiger partial charge on any atom is 0.243 e. The molecule has 11 nitrogen and oxygen atoms in total. The summed E-state index contributed by atoms with van der Waals surface area (Å²) in [5.41, 5.74) is 0.481. The largest absolute Gasteiger partial charge is 0.380 e. The summed E-state index contributed by atoms with van der Waals surface area (Å²) >= 11 is 0. The highest BCUT2D eigenvalue weighted by atomic mass is 16.6. The number of amides is 3. The lowest BCUT2D eigenvalue weighted by Crippen LogP contribution is -2.58. The van der Waals surface area contributed by atoms with Gasteiger partial charge in [-0.1, -0.05) is 11.6 Å². The Morgan fingerprint density at radius 3 is 2.46 bits per heavy atom. The number of rotatable bonds is 13. The molecule has 11 heteroatoms. The van der Waals surface area contributed by atoms with Crippen molar-refractivity contribution < 1.29 is 33.4 Å². The fourth-order valence-corrected chi connectivity index (χ4v) is 4.90. The third-order valence-electron chi connectivity index (χ3n) is 7.52. The molecular weight excluding hydrogens is 480 g/mol. The zero-order chi connectivity index (χ0) is 26.3. The first-order valence-corrected chi connectivity index (χ1v) is 13.4. The van der Waals surface area contributed by atoms with Crippen LogP contribution < -0.4 is 16.0 Å². The summed E-state index contributed by atoms with van der Waals surface area (Å²) in [4.78, 5) is 53.2. The second kappa shape index (κ2) is 12.9. The molecule has 1 aliphatic carbocycles. The highest BCUT2D eigenvalue weighted by Gasteiger charge is 2.50. The van der Waals surface area contributed by atoms with Crippen molar-refractivity contribution >= 4 is 23.5 Å². The lowest BCUT2D eigenvalue weighted by Gasteiger charge is -2.34. The van der Waals surface area contributed by atoms with E-state index in [1.54, 1.807) is 6.92 Å². The zero-order valence-corrected chi connectivity index (χ0v) is 21.7. The number of allylic oxidation sites excluding steroid dienone is 2. The van der Waals surface area contributed by atoms with E-state index in [1.165, 1.54) is 12.0 Å². The second-order valence-corrected chi connectivity index (χ2v) is 10.6. The van der Waals surface area contributed by atoms with Crippen LogP contribution in [-0.2, 0) is 33.4 Å². The number of Topliss-reactive ketones (excluding diaryl/α,β-unsaturated/α-hetero) is 1. The molecule has 3 amide bonds. The molecule has 3 N–H and O–H groups in total. The van der Waals surface area contributed by atoms with Crippen molar-refractivity contribution in [3.63, 3.8) is 0 Å². The number of hydrogen-bond donors (Lipinski definition) is 3. The third-order valence-corrected chi connectivity index (χ3v) is 7.52. The van der Waals surface area contributed by atoms with Crippen LogP contribution in [0, 0.1) is 5.92 Å². The molecule has 0 radical (unpaired) electrons. The summed E-state index contributed by atoms with van der Waals surface area (Å²) in [6, 6.07) is -1.46. The van der Waals surface area contributed by atoms with E-state index in [0.29, 0.717) is 52.5 Å². The van der Waals surface area contributed by atoms with Gasteiger partial charge in [0.05, 0.1) is 52.2 Å². The van der Waals surface area contributed by atoms with Gasteiger partial charge in [0, 0.05) is 19.0 Å². The minimum atomic E-state index is -0.845. The van der Waals surface area contributed by atoms with Crippen molar-refractivity contribution in [3.8, 4) is 0 Å². The average Bonchev–Trinajstić information content (AvgIpc) is 3.62. The van der Waals surface area contributed by atoms with Crippen LogP contribution in [0.15, 0.2) is 11.6 Å². The van der Waals surface area contributed by atoms with E-state index in [1.807, 2.05) is 4.90 Å². The number of carbonyl (C=O) groups is 4. The van der Waals surface area contributed by atoms with E-state index in [9.17, 15) is 19.2 Å². The van der Waals surface area contributed by atoms with Crippen LogP contribution in [0.5, 0.6) is 0 Å². The number of ether oxygens (including phenoxy) is 3. The first kappa shape index (κ1) is 27.7. The fraction of sp³-hybridized carbons (Fsp3) is 0.769. The Balaban J connectivity index is 1.27. The molecule has 0 unspecified atom stereocenters. The standard InChI is InChI=1S/C26H40N4O7/c1-26(17-37-26)24(33)20(8-7-18-5-3-2-4-6-18)28-21(31)13-27-25(34)23(19-15-36-16-19)29-22(32)14-30-9-11-35-12-10-30/h5,19-20,23H,2-4,6-17H2,1H3,(H,27,34)(H,28,31)(H,29,32)/t20-,23-,26+/m0/s1. The normalized spacial score (nSPS) is 25.7. The van der Waals surface area contributed by atoms with Gasteiger partial charge in [-0.05, 0) is 45.4 Å². The van der Waals surface area contributed by atoms with Crippen molar-refractivity contribution in [2.45, 2.75) is 63.1 Å². The van der Waals surface area contributed by atoms with Gasteiger partial charge in [0.2, 0.25) is 17.7 Å². The van der Waals surface area contributed by atoms with Crippen molar-refractivity contribution in [2.24, 2.45) is 5.92 Å². The number of ketones is 1. The van der Waals surface area contributed by atoms with Crippen molar-refractivity contribution in [2.75, 3.05) is 59.2 Å². The number of morpholine rings is 1. The predicted molar refractivity (Wildman–Crippen MR) is 134 cm³/mol.